The first-order valence-corrected chi connectivity index (χ1v) is 6.23. The molecule has 1 aromatic carbocycles. The Balaban J connectivity index is 2.38. The van der Waals surface area contributed by atoms with Crippen LogP contribution in [0.4, 0.5) is 0 Å². The smallest absolute Gasteiger partial charge is 0.115 e. The molecule has 2 N–H and O–H groups in total. The van der Waals surface area contributed by atoms with Gasteiger partial charge in [0, 0.05) is 12.5 Å². The van der Waals surface area contributed by atoms with E-state index in [1.54, 1.807) is 12.1 Å². The number of terminal acetylenes is 1. The van der Waals surface area contributed by atoms with E-state index < -0.39 is 0 Å². The molecule has 1 aromatic rings. The van der Waals surface area contributed by atoms with E-state index in [0.29, 0.717) is 11.8 Å². The standard InChI is InChI=1S/C15H21NO/c1-3-5-6-7-12-16-15(4-2)13-8-10-14(17)11-9-13/h1,8-11,15-17H,4-7,12H2,2H3. The number of phenols is 1. The summed E-state index contributed by atoms with van der Waals surface area (Å²) in [6.45, 7) is 3.15. The summed E-state index contributed by atoms with van der Waals surface area (Å²) >= 11 is 0. The van der Waals surface area contributed by atoms with Gasteiger partial charge >= 0.3 is 0 Å². The Hall–Kier alpha value is -1.46. The normalized spacial score (nSPS) is 12.0. The first-order valence-electron chi connectivity index (χ1n) is 6.23. The highest BCUT2D eigenvalue weighted by Gasteiger charge is 2.07. The van der Waals surface area contributed by atoms with E-state index in [1.807, 2.05) is 12.1 Å². The Morgan fingerprint density at radius 2 is 2.00 bits per heavy atom. The quantitative estimate of drug-likeness (QED) is 0.558. The van der Waals surface area contributed by atoms with Crippen LogP contribution in [0.2, 0.25) is 0 Å². The number of nitrogens with one attached hydrogen (secondary N) is 1. The zero-order valence-corrected chi connectivity index (χ0v) is 10.4. The van der Waals surface area contributed by atoms with Gasteiger partial charge in [0.25, 0.3) is 0 Å². The van der Waals surface area contributed by atoms with Gasteiger partial charge in [-0.2, -0.15) is 0 Å². The van der Waals surface area contributed by atoms with Crippen LogP contribution >= 0.6 is 0 Å². The molecule has 1 atom stereocenters. The van der Waals surface area contributed by atoms with Crippen molar-refractivity contribution in [2.45, 2.75) is 38.6 Å². The van der Waals surface area contributed by atoms with Gasteiger partial charge in [0.15, 0.2) is 0 Å². The molecular formula is C15H21NO. The molecule has 0 fully saturated rings. The number of unbranched alkanes of at least 4 members (excludes halogenated alkanes) is 2. The Morgan fingerprint density at radius 3 is 2.59 bits per heavy atom. The summed E-state index contributed by atoms with van der Waals surface area (Å²) in [5.41, 5.74) is 1.22. The van der Waals surface area contributed by atoms with E-state index >= 15 is 0 Å². The molecule has 0 aromatic heterocycles. The molecule has 0 spiro atoms. The Morgan fingerprint density at radius 1 is 1.29 bits per heavy atom. The highest BCUT2D eigenvalue weighted by atomic mass is 16.3. The minimum absolute atomic E-state index is 0.317. The second kappa shape index (κ2) is 7.76. The number of benzene rings is 1. The van der Waals surface area contributed by atoms with Crippen molar-refractivity contribution in [1.29, 1.82) is 0 Å². The molecule has 92 valence electrons. The lowest BCUT2D eigenvalue weighted by Gasteiger charge is -2.17. The number of hydrogen-bond acceptors (Lipinski definition) is 2. The maximum atomic E-state index is 9.25. The van der Waals surface area contributed by atoms with Crippen molar-refractivity contribution in [3.63, 3.8) is 0 Å². The van der Waals surface area contributed by atoms with Gasteiger partial charge in [0.1, 0.15) is 5.75 Å². The third kappa shape index (κ3) is 4.93. The second-order valence-electron chi connectivity index (χ2n) is 4.17. The maximum Gasteiger partial charge on any atom is 0.115 e. The molecular weight excluding hydrogens is 210 g/mol. The molecule has 0 saturated heterocycles. The third-order valence-electron chi connectivity index (χ3n) is 2.84. The average Bonchev–Trinajstić information content (AvgIpc) is 2.35. The van der Waals surface area contributed by atoms with Crippen LogP contribution in [0.15, 0.2) is 24.3 Å². The fourth-order valence-corrected chi connectivity index (χ4v) is 1.83. The number of aromatic hydroxyl groups is 1. The summed E-state index contributed by atoms with van der Waals surface area (Å²) in [6, 6.07) is 7.77. The van der Waals surface area contributed by atoms with Gasteiger partial charge in [-0.25, -0.2) is 0 Å². The van der Waals surface area contributed by atoms with Crippen LogP contribution in [-0.2, 0) is 0 Å². The van der Waals surface area contributed by atoms with Crippen LogP contribution in [0, 0.1) is 12.3 Å². The molecule has 0 amide bonds. The van der Waals surface area contributed by atoms with Crippen LogP contribution in [0.1, 0.15) is 44.2 Å². The minimum Gasteiger partial charge on any atom is -0.508 e. The van der Waals surface area contributed by atoms with Crippen molar-refractivity contribution in [2.75, 3.05) is 6.54 Å². The summed E-state index contributed by atoms with van der Waals surface area (Å²) in [7, 11) is 0. The SMILES string of the molecule is C#CCCCCNC(CC)c1ccc(O)cc1. The molecule has 0 saturated carbocycles. The van der Waals surface area contributed by atoms with Crippen LogP contribution in [-0.4, -0.2) is 11.7 Å². The molecule has 17 heavy (non-hydrogen) atoms. The van der Waals surface area contributed by atoms with Gasteiger partial charge in [-0.05, 0) is 43.5 Å². The molecule has 0 bridgehead atoms. The van der Waals surface area contributed by atoms with Gasteiger partial charge in [0.05, 0.1) is 0 Å². The number of rotatable bonds is 7. The molecule has 0 aliphatic rings. The summed E-state index contributed by atoms with van der Waals surface area (Å²) < 4.78 is 0. The minimum atomic E-state index is 0.317. The van der Waals surface area contributed by atoms with Crippen molar-refractivity contribution in [3.8, 4) is 18.1 Å². The molecule has 2 nitrogen and oxygen atoms in total. The summed E-state index contributed by atoms with van der Waals surface area (Å²) in [5.74, 6) is 2.97. The first-order chi connectivity index (χ1) is 8.27. The van der Waals surface area contributed by atoms with Crippen molar-refractivity contribution < 1.29 is 5.11 Å². The predicted octanol–water partition coefficient (Wildman–Crippen LogP) is 3.24. The van der Waals surface area contributed by atoms with Crippen LogP contribution in [0.5, 0.6) is 5.75 Å². The van der Waals surface area contributed by atoms with E-state index in [4.69, 9.17) is 6.42 Å². The average molecular weight is 231 g/mol. The zero-order chi connectivity index (χ0) is 12.5. The Labute approximate surface area is 104 Å². The fourth-order valence-electron chi connectivity index (χ4n) is 1.83. The molecule has 0 aliphatic heterocycles. The van der Waals surface area contributed by atoms with Gasteiger partial charge in [-0.1, -0.05) is 19.1 Å². The summed E-state index contributed by atoms with van der Waals surface area (Å²) in [6.07, 6.45) is 9.30. The maximum absolute atomic E-state index is 9.25. The van der Waals surface area contributed by atoms with Crippen molar-refractivity contribution in [2.24, 2.45) is 0 Å². The van der Waals surface area contributed by atoms with Crippen molar-refractivity contribution >= 4 is 0 Å². The lowest BCUT2D eigenvalue weighted by molar-refractivity contribution is 0.472. The molecule has 0 aliphatic carbocycles. The van der Waals surface area contributed by atoms with Crippen LogP contribution in [0.3, 0.4) is 0 Å². The highest BCUT2D eigenvalue weighted by molar-refractivity contribution is 5.27. The molecule has 0 heterocycles. The molecule has 2 heteroatoms. The summed E-state index contributed by atoms with van der Waals surface area (Å²) in [5, 5.41) is 12.8. The van der Waals surface area contributed by atoms with E-state index in [9.17, 15) is 5.11 Å². The number of hydrogen-bond donors (Lipinski definition) is 2. The Kier molecular flexibility index (Phi) is 6.21. The largest absolute Gasteiger partial charge is 0.508 e. The van der Waals surface area contributed by atoms with Crippen LogP contribution < -0.4 is 5.32 Å². The summed E-state index contributed by atoms with van der Waals surface area (Å²) in [4.78, 5) is 0. The molecule has 0 radical (unpaired) electrons. The van der Waals surface area contributed by atoms with Crippen molar-refractivity contribution in [3.05, 3.63) is 29.8 Å². The third-order valence-corrected chi connectivity index (χ3v) is 2.84. The monoisotopic (exact) mass is 231 g/mol. The van der Waals surface area contributed by atoms with Crippen molar-refractivity contribution in [1.82, 2.24) is 5.32 Å². The second-order valence-corrected chi connectivity index (χ2v) is 4.17. The predicted molar refractivity (Wildman–Crippen MR) is 71.8 cm³/mol. The lowest BCUT2D eigenvalue weighted by Crippen LogP contribution is -2.21. The molecule has 1 unspecified atom stereocenters. The van der Waals surface area contributed by atoms with Gasteiger partial charge in [0.2, 0.25) is 0 Å². The van der Waals surface area contributed by atoms with E-state index in [1.165, 1.54) is 5.56 Å². The fraction of sp³-hybridized carbons (Fsp3) is 0.467. The van der Waals surface area contributed by atoms with Gasteiger partial charge in [-0.15, -0.1) is 12.3 Å². The molecule has 1 rings (SSSR count). The van der Waals surface area contributed by atoms with Gasteiger partial charge < -0.3 is 10.4 Å². The highest BCUT2D eigenvalue weighted by Crippen LogP contribution is 2.19. The topological polar surface area (TPSA) is 32.3 Å². The van der Waals surface area contributed by atoms with Crippen LogP contribution in [0.25, 0.3) is 0 Å². The Bertz CT molecular complexity index is 350. The first kappa shape index (κ1) is 13.6. The van der Waals surface area contributed by atoms with Gasteiger partial charge in [-0.3, -0.25) is 0 Å². The number of phenolic OH excluding ortho intramolecular Hbond substituents is 1. The zero-order valence-electron chi connectivity index (χ0n) is 10.4. The van der Waals surface area contributed by atoms with E-state index in [2.05, 4.69) is 18.2 Å². The van der Waals surface area contributed by atoms with E-state index in [-0.39, 0.29) is 0 Å². The van der Waals surface area contributed by atoms with E-state index in [0.717, 1.165) is 32.2 Å². The lowest BCUT2D eigenvalue weighted by atomic mass is 10.0.